The Balaban J connectivity index is 2.71. The zero-order valence-corrected chi connectivity index (χ0v) is 9.06. The standard InChI is InChI=1S/C12H11NO3/c1-13(2)10-4-3-8-5-9(7-14)12(15)16-11(8)6-10/h3-7H,1-2H3. The lowest BCUT2D eigenvalue weighted by Crippen LogP contribution is -2.09. The van der Waals surface area contributed by atoms with E-state index in [2.05, 4.69) is 0 Å². The molecule has 0 aliphatic rings. The van der Waals surface area contributed by atoms with Crippen LogP contribution in [-0.2, 0) is 0 Å². The summed E-state index contributed by atoms with van der Waals surface area (Å²) in [7, 11) is 3.80. The Morgan fingerprint density at radius 1 is 1.25 bits per heavy atom. The number of aldehydes is 1. The lowest BCUT2D eigenvalue weighted by Gasteiger charge is -2.12. The fourth-order valence-electron chi connectivity index (χ4n) is 1.48. The largest absolute Gasteiger partial charge is 0.422 e. The van der Waals surface area contributed by atoms with Gasteiger partial charge in [0.2, 0.25) is 0 Å². The summed E-state index contributed by atoms with van der Waals surface area (Å²) in [5, 5.41) is 0.743. The van der Waals surface area contributed by atoms with Crippen molar-refractivity contribution in [2.45, 2.75) is 0 Å². The van der Waals surface area contributed by atoms with Crippen LogP contribution in [-0.4, -0.2) is 20.4 Å². The molecule has 0 bridgehead atoms. The Morgan fingerprint density at radius 2 is 2.00 bits per heavy atom. The number of benzene rings is 1. The molecule has 0 atom stereocenters. The average molecular weight is 217 g/mol. The van der Waals surface area contributed by atoms with Gasteiger partial charge >= 0.3 is 5.63 Å². The third-order valence-corrected chi connectivity index (χ3v) is 2.39. The van der Waals surface area contributed by atoms with Crippen LogP contribution >= 0.6 is 0 Å². The summed E-state index contributed by atoms with van der Waals surface area (Å²) in [5.74, 6) is 0. The topological polar surface area (TPSA) is 50.5 Å². The van der Waals surface area contributed by atoms with Crippen molar-refractivity contribution in [3.05, 3.63) is 40.2 Å². The third kappa shape index (κ3) is 1.69. The van der Waals surface area contributed by atoms with Crippen LogP contribution in [0.1, 0.15) is 10.4 Å². The Bertz CT molecular complexity index is 599. The first-order valence-electron chi connectivity index (χ1n) is 4.82. The van der Waals surface area contributed by atoms with Gasteiger partial charge in [0.25, 0.3) is 0 Å². The molecule has 0 spiro atoms. The van der Waals surface area contributed by atoms with E-state index in [1.807, 2.05) is 31.1 Å². The minimum atomic E-state index is -0.599. The lowest BCUT2D eigenvalue weighted by atomic mass is 10.2. The lowest BCUT2D eigenvalue weighted by molar-refractivity contribution is 0.112. The van der Waals surface area contributed by atoms with E-state index in [4.69, 9.17) is 4.42 Å². The fourth-order valence-corrected chi connectivity index (χ4v) is 1.48. The van der Waals surface area contributed by atoms with Gasteiger partial charge in [0.15, 0.2) is 6.29 Å². The average Bonchev–Trinajstić information content (AvgIpc) is 2.27. The molecule has 0 aliphatic carbocycles. The van der Waals surface area contributed by atoms with Crippen LogP contribution in [0.3, 0.4) is 0 Å². The normalized spacial score (nSPS) is 10.4. The molecular formula is C12H11NO3. The van der Waals surface area contributed by atoms with Crippen molar-refractivity contribution in [2.75, 3.05) is 19.0 Å². The molecule has 0 aliphatic heterocycles. The number of anilines is 1. The summed E-state index contributed by atoms with van der Waals surface area (Å²) in [6.45, 7) is 0. The van der Waals surface area contributed by atoms with E-state index >= 15 is 0 Å². The van der Waals surface area contributed by atoms with Crippen LogP contribution in [0.4, 0.5) is 5.69 Å². The quantitative estimate of drug-likeness (QED) is 0.567. The van der Waals surface area contributed by atoms with Crippen LogP contribution in [0.25, 0.3) is 11.0 Å². The van der Waals surface area contributed by atoms with Gasteiger partial charge < -0.3 is 9.32 Å². The van der Waals surface area contributed by atoms with Gasteiger partial charge in [-0.25, -0.2) is 4.79 Å². The monoisotopic (exact) mass is 217 g/mol. The van der Waals surface area contributed by atoms with Crippen molar-refractivity contribution in [1.29, 1.82) is 0 Å². The molecule has 4 nitrogen and oxygen atoms in total. The molecule has 0 amide bonds. The predicted octanol–water partition coefficient (Wildman–Crippen LogP) is 1.67. The zero-order chi connectivity index (χ0) is 11.7. The summed E-state index contributed by atoms with van der Waals surface area (Å²) < 4.78 is 5.06. The highest BCUT2D eigenvalue weighted by Crippen LogP contribution is 2.19. The first-order chi connectivity index (χ1) is 7.61. The molecule has 0 N–H and O–H groups in total. The highest BCUT2D eigenvalue weighted by molar-refractivity contribution is 5.86. The van der Waals surface area contributed by atoms with Crippen molar-refractivity contribution in [3.63, 3.8) is 0 Å². The van der Waals surface area contributed by atoms with Crippen molar-refractivity contribution in [3.8, 4) is 0 Å². The fraction of sp³-hybridized carbons (Fsp3) is 0.167. The van der Waals surface area contributed by atoms with Crippen molar-refractivity contribution >= 4 is 22.9 Å². The van der Waals surface area contributed by atoms with E-state index in [1.54, 1.807) is 6.07 Å². The van der Waals surface area contributed by atoms with E-state index in [9.17, 15) is 9.59 Å². The summed E-state index contributed by atoms with van der Waals surface area (Å²) in [6.07, 6.45) is 0.505. The second-order valence-electron chi connectivity index (χ2n) is 3.72. The molecule has 1 heterocycles. The molecule has 0 fully saturated rings. The Morgan fingerprint density at radius 3 is 2.62 bits per heavy atom. The summed E-state index contributed by atoms with van der Waals surface area (Å²) in [5.41, 5.74) is 0.875. The van der Waals surface area contributed by atoms with E-state index in [1.165, 1.54) is 6.07 Å². The number of hydrogen-bond acceptors (Lipinski definition) is 4. The maximum Gasteiger partial charge on any atom is 0.346 e. The number of carbonyl (C=O) groups excluding carboxylic acids is 1. The Labute approximate surface area is 92.1 Å². The van der Waals surface area contributed by atoms with Gasteiger partial charge in [-0.3, -0.25) is 4.79 Å². The minimum absolute atomic E-state index is 0.0464. The molecule has 4 heteroatoms. The van der Waals surface area contributed by atoms with E-state index in [0.29, 0.717) is 11.9 Å². The Hall–Kier alpha value is -2.10. The second-order valence-corrected chi connectivity index (χ2v) is 3.72. The van der Waals surface area contributed by atoms with Gasteiger partial charge in [-0.15, -0.1) is 0 Å². The van der Waals surface area contributed by atoms with Crippen molar-refractivity contribution in [2.24, 2.45) is 0 Å². The van der Waals surface area contributed by atoms with Crippen LogP contribution in [0.15, 0.2) is 33.5 Å². The van der Waals surface area contributed by atoms with Gasteiger partial charge in [0, 0.05) is 31.2 Å². The smallest absolute Gasteiger partial charge is 0.346 e. The predicted molar refractivity (Wildman–Crippen MR) is 62.2 cm³/mol. The number of rotatable bonds is 2. The van der Waals surface area contributed by atoms with Crippen LogP contribution < -0.4 is 10.5 Å². The van der Waals surface area contributed by atoms with E-state index in [0.717, 1.165) is 11.1 Å². The molecule has 16 heavy (non-hydrogen) atoms. The zero-order valence-electron chi connectivity index (χ0n) is 9.06. The molecule has 2 rings (SSSR count). The molecule has 0 saturated heterocycles. The molecule has 0 saturated carbocycles. The molecule has 0 unspecified atom stereocenters. The van der Waals surface area contributed by atoms with Gasteiger partial charge in [-0.1, -0.05) is 0 Å². The maximum atomic E-state index is 11.3. The minimum Gasteiger partial charge on any atom is -0.422 e. The molecular weight excluding hydrogens is 206 g/mol. The van der Waals surface area contributed by atoms with Gasteiger partial charge in [0.1, 0.15) is 11.1 Å². The molecule has 1 aromatic carbocycles. The molecule has 0 radical (unpaired) electrons. The number of nitrogens with zero attached hydrogens (tertiary/aromatic N) is 1. The Kier molecular flexibility index (Phi) is 2.48. The van der Waals surface area contributed by atoms with Crippen LogP contribution in [0, 0.1) is 0 Å². The number of fused-ring (bicyclic) bond motifs is 1. The molecule has 2 aromatic rings. The molecule has 1 aromatic heterocycles. The SMILES string of the molecule is CN(C)c1ccc2cc(C=O)c(=O)oc2c1. The first-order valence-corrected chi connectivity index (χ1v) is 4.82. The number of hydrogen-bond donors (Lipinski definition) is 0. The summed E-state index contributed by atoms with van der Waals surface area (Å²) in [6, 6.07) is 7.02. The second kappa shape index (κ2) is 3.81. The molecule has 82 valence electrons. The highest BCUT2D eigenvalue weighted by Gasteiger charge is 2.05. The van der Waals surface area contributed by atoms with Gasteiger partial charge in [-0.2, -0.15) is 0 Å². The first kappa shape index (κ1) is 10.4. The highest BCUT2D eigenvalue weighted by atomic mass is 16.4. The van der Waals surface area contributed by atoms with Crippen molar-refractivity contribution in [1.82, 2.24) is 0 Å². The van der Waals surface area contributed by atoms with Crippen LogP contribution in [0.2, 0.25) is 0 Å². The summed E-state index contributed by atoms with van der Waals surface area (Å²) in [4.78, 5) is 23.8. The number of carbonyl (C=O) groups is 1. The maximum absolute atomic E-state index is 11.3. The van der Waals surface area contributed by atoms with E-state index < -0.39 is 5.63 Å². The van der Waals surface area contributed by atoms with Gasteiger partial charge in [0.05, 0.1) is 0 Å². The van der Waals surface area contributed by atoms with Crippen molar-refractivity contribution < 1.29 is 9.21 Å². The van der Waals surface area contributed by atoms with Gasteiger partial charge in [-0.05, 0) is 18.2 Å². The van der Waals surface area contributed by atoms with Crippen LogP contribution in [0.5, 0.6) is 0 Å². The summed E-state index contributed by atoms with van der Waals surface area (Å²) >= 11 is 0. The third-order valence-electron chi connectivity index (χ3n) is 2.39. The van der Waals surface area contributed by atoms with E-state index in [-0.39, 0.29) is 5.56 Å².